The van der Waals surface area contributed by atoms with Gasteiger partial charge in [0.2, 0.25) is 0 Å². The molecule has 29 heavy (non-hydrogen) atoms. The fraction of sp³-hybridized carbons (Fsp3) is 0.333. The molecule has 152 valence electrons. The molecule has 3 rings (SSSR count). The Morgan fingerprint density at radius 3 is 2.21 bits per heavy atom. The molecule has 0 bridgehead atoms. The Morgan fingerprint density at radius 2 is 1.66 bits per heavy atom. The van der Waals surface area contributed by atoms with Crippen LogP contribution in [0.4, 0.5) is 0 Å². The Kier molecular flexibility index (Phi) is 6.49. The van der Waals surface area contributed by atoms with Crippen molar-refractivity contribution in [2.24, 2.45) is 0 Å². The lowest BCUT2D eigenvalue weighted by atomic mass is 10.00. The lowest BCUT2D eigenvalue weighted by Crippen LogP contribution is -2.28. The molecule has 0 spiro atoms. The molecule has 1 amide bonds. The third-order valence-corrected chi connectivity index (χ3v) is 5.10. The van der Waals surface area contributed by atoms with Gasteiger partial charge >= 0.3 is 0 Å². The molecule has 3 aromatic rings. The summed E-state index contributed by atoms with van der Waals surface area (Å²) in [5, 5.41) is 17.6. The number of aromatic nitrogens is 2. The summed E-state index contributed by atoms with van der Waals surface area (Å²) in [4.78, 5) is 12.4. The molecular formula is C24H29N3O2. The molecule has 0 fully saturated rings. The molecule has 2 aromatic carbocycles. The first-order chi connectivity index (χ1) is 13.8. The summed E-state index contributed by atoms with van der Waals surface area (Å²) in [6.45, 7) is 9.12. The smallest absolute Gasteiger partial charge is 0.251 e. The van der Waals surface area contributed by atoms with E-state index in [2.05, 4.69) is 24.3 Å². The van der Waals surface area contributed by atoms with E-state index in [1.807, 2.05) is 61.0 Å². The topological polar surface area (TPSA) is 67.2 Å². The van der Waals surface area contributed by atoms with Crippen molar-refractivity contribution in [3.05, 3.63) is 88.2 Å². The van der Waals surface area contributed by atoms with E-state index in [1.165, 1.54) is 5.56 Å². The standard InChI is InChI=1S/C24H29N3O2/c1-16(2)20-9-11-21(12-10-20)23(28)14-25-24(29)22-7-5-19(6-8-22)15-27-18(4)13-17(3)26-27/h5-13,16,23,28H,14-15H2,1-4H3,(H,25,29). The molecule has 1 aromatic heterocycles. The molecule has 0 saturated carbocycles. The van der Waals surface area contributed by atoms with Gasteiger partial charge in [-0.1, -0.05) is 50.2 Å². The van der Waals surface area contributed by atoms with E-state index in [1.54, 1.807) is 12.1 Å². The summed E-state index contributed by atoms with van der Waals surface area (Å²) in [5.74, 6) is 0.255. The predicted octanol–water partition coefficient (Wildman–Crippen LogP) is 4.14. The molecule has 1 unspecified atom stereocenters. The molecular weight excluding hydrogens is 362 g/mol. The number of hydrogen-bond acceptors (Lipinski definition) is 3. The number of amides is 1. The van der Waals surface area contributed by atoms with Gasteiger partial charge in [-0.25, -0.2) is 0 Å². The maximum atomic E-state index is 12.4. The van der Waals surface area contributed by atoms with Crippen LogP contribution in [0.3, 0.4) is 0 Å². The number of rotatable bonds is 7. The number of aliphatic hydroxyl groups excluding tert-OH is 1. The number of carbonyl (C=O) groups excluding carboxylic acids is 1. The first-order valence-electron chi connectivity index (χ1n) is 9.99. The minimum Gasteiger partial charge on any atom is -0.387 e. The summed E-state index contributed by atoms with van der Waals surface area (Å²) in [6.07, 6.45) is -0.731. The molecule has 1 atom stereocenters. The molecule has 5 heteroatoms. The highest BCUT2D eigenvalue weighted by Crippen LogP contribution is 2.18. The van der Waals surface area contributed by atoms with E-state index in [4.69, 9.17) is 0 Å². The fourth-order valence-electron chi connectivity index (χ4n) is 3.28. The highest BCUT2D eigenvalue weighted by molar-refractivity contribution is 5.94. The number of aliphatic hydroxyl groups is 1. The zero-order valence-corrected chi connectivity index (χ0v) is 17.5. The quantitative estimate of drug-likeness (QED) is 0.636. The summed E-state index contributed by atoms with van der Waals surface area (Å²) in [5.41, 5.74) is 5.79. The van der Waals surface area contributed by atoms with Gasteiger partial charge in [0.1, 0.15) is 0 Å². The summed E-state index contributed by atoms with van der Waals surface area (Å²) < 4.78 is 1.95. The monoisotopic (exact) mass is 391 g/mol. The van der Waals surface area contributed by atoms with Crippen LogP contribution >= 0.6 is 0 Å². The SMILES string of the molecule is Cc1cc(C)n(Cc2ccc(C(=O)NCC(O)c3ccc(C(C)C)cc3)cc2)n1. The number of hydrogen-bond donors (Lipinski definition) is 2. The van der Waals surface area contributed by atoms with Crippen molar-refractivity contribution in [3.63, 3.8) is 0 Å². The molecule has 2 N–H and O–H groups in total. The van der Waals surface area contributed by atoms with Gasteiger partial charge in [-0.15, -0.1) is 0 Å². The van der Waals surface area contributed by atoms with Gasteiger partial charge in [-0.2, -0.15) is 5.10 Å². The van der Waals surface area contributed by atoms with Gasteiger partial charge in [0.05, 0.1) is 18.3 Å². The highest BCUT2D eigenvalue weighted by Gasteiger charge is 2.12. The van der Waals surface area contributed by atoms with Crippen molar-refractivity contribution in [1.82, 2.24) is 15.1 Å². The maximum absolute atomic E-state index is 12.4. The van der Waals surface area contributed by atoms with Crippen molar-refractivity contribution in [3.8, 4) is 0 Å². The second kappa shape index (κ2) is 9.05. The summed E-state index contributed by atoms with van der Waals surface area (Å²) in [7, 11) is 0. The average Bonchev–Trinajstić information content (AvgIpc) is 3.03. The number of carbonyl (C=O) groups is 1. The predicted molar refractivity (Wildman–Crippen MR) is 115 cm³/mol. The lowest BCUT2D eigenvalue weighted by Gasteiger charge is -2.14. The summed E-state index contributed by atoms with van der Waals surface area (Å²) >= 11 is 0. The second-order valence-electron chi connectivity index (χ2n) is 7.83. The van der Waals surface area contributed by atoms with Gasteiger partial charge < -0.3 is 10.4 Å². The maximum Gasteiger partial charge on any atom is 0.251 e. The van der Waals surface area contributed by atoms with Crippen LogP contribution < -0.4 is 5.32 Å². The zero-order chi connectivity index (χ0) is 21.0. The Morgan fingerprint density at radius 1 is 1.03 bits per heavy atom. The van der Waals surface area contributed by atoms with E-state index in [9.17, 15) is 9.90 Å². The third kappa shape index (κ3) is 5.33. The van der Waals surface area contributed by atoms with Crippen LogP contribution in [0.1, 0.15) is 64.3 Å². The third-order valence-electron chi connectivity index (χ3n) is 5.10. The van der Waals surface area contributed by atoms with Gasteiger partial charge in [0.15, 0.2) is 0 Å². The van der Waals surface area contributed by atoms with Crippen molar-refractivity contribution in [2.75, 3.05) is 6.54 Å². The molecule has 0 aliphatic heterocycles. The number of nitrogens with one attached hydrogen (secondary N) is 1. The number of aryl methyl sites for hydroxylation is 2. The normalized spacial score (nSPS) is 12.2. The Labute approximate surface area is 172 Å². The first kappa shape index (κ1) is 20.8. The van der Waals surface area contributed by atoms with Crippen LogP contribution in [-0.2, 0) is 6.54 Å². The molecule has 5 nitrogen and oxygen atoms in total. The Hall–Kier alpha value is -2.92. The largest absolute Gasteiger partial charge is 0.387 e. The van der Waals surface area contributed by atoms with Gasteiger partial charge in [-0.05, 0) is 54.7 Å². The minimum atomic E-state index is -0.731. The molecule has 1 heterocycles. The average molecular weight is 392 g/mol. The van der Waals surface area contributed by atoms with Crippen molar-refractivity contribution in [2.45, 2.75) is 46.3 Å². The molecule has 0 radical (unpaired) electrons. The van der Waals surface area contributed by atoms with Crippen LogP contribution in [0, 0.1) is 13.8 Å². The van der Waals surface area contributed by atoms with Crippen LogP contribution in [0.25, 0.3) is 0 Å². The van der Waals surface area contributed by atoms with Gasteiger partial charge in [-0.3, -0.25) is 9.48 Å². The van der Waals surface area contributed by atoms with Gasteiger partial charge in [0, 0.05) is 17.8 Å². The van der Waals surface area contributed by atoms with Crippen LogP contribution in [0.15, 0.2) is 54.6 Å². The van der Waals surface area contributed by atoms with Gasteiger partial charge in [0.25, 0.3) is 5.91 Å². The molecule has 0 aliphatic carbocycles. The molecule has 0 aliphatic rings. The first-order valence-corrected chi connectivity index (χ1v) is 9.99. The zero-order valence-electron chi connectivity index (χ0n) is 17.5. The van der Waals surface area contributed by atoms with Crippen molar-refractivity contribution in [1.29, 1.82) is 0 Å². The van der Waals surface area contributed by atoms with E-state index < -0.39 is 6.10 Å². The van der Waals surface area contributed by atoms with E-state index >= 15 is 0 Å². The highest BCUT2D eigenvalue weighted by atomic mass is 16.3. The lowest BCUT2D eigenvalue weighted by molar-refractivity contribution is 0.0916. The van der Waals surface area contributed by atoms with E-state index in [0.29, 0.717) is 18.0 Å². The second-order valence-corrected chi connectivity index (χ2v) is 7.83. The van der Waals surface area contributed by atoms with Crippen LogP contribution in [0.5, 0.6) is 0 Å². The minimum absolute atomic E-state index is 0.174. The van der Waals surface area contributed by atoms with Crippen molar-refractivity contribution >= 4 is 5.91 Å². The summed E-state index contributed by atoms with van der Waals surface area (Å²) in [6, 6.07) is 17.4. The number of nitrogens with zero attached hydrogens (tertiary/aromatic N) is 2. The van der Waals surface area contributed by atoms with Crippen LogP contribution in [0.2, 0.25) is 0 Å². The fourth-order valence-corrected chi connectivity index (χ4v) is 3.28. The number of benzene rings is 2. The Bertz CT molecular complexity index is 957. The van der Waals surface area contributed by atoms with E-state index in [-0.39, 0.29) is 12.5 Å². The van der Waals surface area contributed by atoms with E-state index in [0.717, 1.165) is 22.5 Å². The molecule has 0 saturated heterocycles. The Balaban J connectivity index is 1.55. The van der Waals surface area contributed by atoms with Crippen molar-refractivity contribution < 1.29 is 9.90 Å². The van der Waals surface area contributed by atoms with Crippen LogP contribution in [-0.4, -0.2) is 27.3 Å².